The molecule has 0 saturated heterocycles. The SMILES string of the molecule is CNc1cccc2c1C(=O)c1ccc(C=O)c(NC)c1C2=O. The summed E-state index contributed by atoms with van der Waals surface area (Å²) in [5, 5.41) is 5.81. The highest BCUT2D eigenvalue weighted by Crippen LogP contribution is 2.36. The zero-order chi connectivity index (χ0) is 15.9. The number of aldehydes is 1. The second-order valence-electron chi connectivity index (χ2n) is 4.96. The van der Waals surface area contributed by atoms with Crippen molar-refractivity contribution in [1.82, 2.24) is 0 Å². The van der Waals surface area contributed by atoms with E-state index in [1.54, 1.807) is 38.4 Å². The molecule has 5 heteroatoms. The molecule has 0 bridgehead atoms. The highest BCUT2D eigenvalue weighted by molar-refractivity contribution is 6.32. The fourth-order valence-electron chi connectivity index (χ4n) is 2.88. The van der Waals surface area contributed by atoms with Crippen LogP contribution in [0.3, 0.4) is 0 Å². The molecule has 0 unspecified atom stereocenters. The monoisotopic (exact) mass is 294 g/mol. The van der Waals surface area contributed by atoms with Crippen LogP contribution in [0.1, 0.15) is 42.2 Å². The minimum Gasteiger partial charge on any atom is -0.388 e. The summed E-state index contributed by atoms with van der Waals surface area (Å²) in [6.07, 6.45) is 0.670. The zero-order valence-electron chi connectivity index (χ0n) is 12.2. The Kier molecular flexibility index (Phi) is 3.25. The highest BCUT2D eigenvalue weighted by atomic mass is 16.1. The van der Waals surface area contributed by atoms with E-state index in [4.69, 9.17) is 0 Å². The normalized spacial score (nSPS) is 12.5. The maximum Gasteiger partial charge on any atom is 0.196 e. The lowest BCUT2D eigenvalue weighted by molar-refractivity contribution is 0.0980. The molecule has 0 spiro atoms. The maximum atomic E-state index is 12.8. The van der Waals surface area contributed by atoms with Gasteiger partial charge in [-0.1, -0.05) is 12.1 Å². The minimum atomic E-state index is -0.255. The molecule has 2 N–H and O–H groups in total. The van der Waals surface area contributed by atoms with Gasteiger partial charge in [-0.05, 0) is 18.2 Å². The van der Waals surface area contributed by atoms with Crippen molar-refractivity contribution in [2.75, 3.05) is 24.7 Å². The highest BCUT2D eigenvalue weighted by Gasteiger charge is 2.34. The Morgan fingerprint density at radius 3 is 2.18 bits per heavy atom. The van der Waals surface area contributed by atoms with Gasteiger partial charge in [-0.15, -0.1) is 0 Å². The van der Waals surface area contributed by atoms with Gasteiger partial charge in [0, 0.05) is 36.5 Å². The number of nitrogens with one attached hydrogen (secondary N) is 2. The molecule has 1 aliphatic rings. The summed E-state index contributed by atoms with van der Waals surface area (Å²) in [5.74, 6) is -0.474. The fraction of sp³-hybridized carbons (Fsp3) is 0.118. The second kappa shape index (κ2) is 5.11. The summed E-state index contributed by atoms with van der Waals surface area (Å²) in [6.45, 7) is 0. The molecule has 5 nitrogen and oxygen atoms in total. The molecule has 0 amide bonds. The quantitative estimate of drug-likeness (QED) is 0.725. The third-order valence-corrected chi connectivity index (χ3v) is 3.89. The molecular weight excluding hydrogens is 280 g/mol. The standard InChI is InChI=1S/C17H14N2O3/c1-18-12-5-3-4-10-13(12)16(21)11-7-6-9(8-20)15(19-2)14(11)17(10)22/h3-8,18-19H,1-2H3. The van der Waals surface area contributed by atoms with Gasteiger partial charge in [0.15, 0.2) is 17.9 Å². The van der Waals surface area contributed by atoms with E-state index in [0.717, 1.165) is 0 Å². The Labute approximate surface area is 127 Å². The topological polar surface area (TPSA) is 75.3 Å². The Morgan fingerprint density at radius 1 is 0.864 bits per heavy atom. The third-order valence-electron chi connectivity index (χ3n) is 3.89. The molecule has 1 aliphatic carbocycles. The minimum absolute atomic E-state index is 0.219. The molecule has 2 aromatic rings. The van der Waals surface area contributed by atoms with Gasteiger partial charge in [0.1, 0.15) is 0 Å². The lowest BCUT2D eigenvalue weighted by atomic mass is 9.81. The summed E-state index contributed by atoms with van der Waals surface area (Å²) < 4.78 is 0. The molecule has 0 aliphatic heterocycles. The molecule has 0 radical (unpaired) electrons. The van der Waals surface area contributed by atoms with Gasteiger partial charge in [0.25, 0.3) is 0 Å². The second-order valence-corrected chi connectivity index (χ2v) is 4.96. The molecule has 2 aromatic carbocycles. The van der Waals surface area contributed by atoms with Crippen LogP contribution in [0.15, 0.2) is 30.3 Å². The summed E-state index contributed by atoms with van der Waals surface area (Å²) in [4.78, 5) is 36.8. The number of carbonyl (C=O) groups is 3. The summed E-state index contributed by atoms with van der Waals surface area (Å²) in [7, 11) is 3.33. The van der Waals surface area contributed by atoms with Crippen molar-refractivity contribution < 1.29 is 14.4 Å². The predicted octanol–water partition coefficient (Wildman–Crippen LogP) is 2.36. The molecule has 0 aromatic heterocycles. The van der Waals surface area contributed by atoms with E-state index in [9.17, 15) is 14.4 Å². The van der Waals surface area contributed by atoms with Crippen LogP contribution in [0.4, 0.5) is 11.4 Å². The van der Waals surface area contributed by atoms with E-state index in [0.29, 0.717) is 39.9 Å². The number of ketones is 2. The Bertz CT molecular complexity index is 825. The van der Waals surface area contributed by atoms with Crippen LogP contribution in [0.2, 0.25) is 0 Å². The van der Waals surface area contributed by atoms with E-state index >= 15 is 0 Å². The first-order valence-electron chi connectivity index (χ1n) is 6.84. The van der Waals surface area contributed by atoms with Crippen LogP contribution in [0.25, 0.3) is 0 Å². The third kappa shape index (κ3) is 1.75. The summed E-state index contributed by atoms with van der Waals surface area (Å²) >= 11 is 0. The van der Waals surface area contributed by atoms with E-state index in [2.05, 4.69) is 10.6 Å². The number of anilines is 2. The van der Waals surface area contributed by atoms with Crippen LogP contribution in [0, 0.1) is 0 Å². The van der Waals surface area contributed by atoms with Crippen molar-refractivity contribution in [3.8, 4) is 0 Å². The molecular formula is C17H14N2O3. The predicted molar refractivity (Wildman–Crippen MR) is 84.2 cm³/mol. The number of carbonyl (C=O) groups excluding carboxylic acids is 3. The van der Waals surface area contributed by atoms with Gasteiger partial charge in [-0.2, -0.15) is 0 Å². The van der Waals surface area contributed by atoms with Crippen molar-refractivity contribution in [2.24, 2.45) is 0 Å². The lowest BCUT2D eigenvalue weighted by Crippen LogP contribution is -2.24. The first kappa shape index (κ1) is 14.0. The molecule has 0 atom stereocenters. The van der Waals surface area contributed by atoms with E-state index in [1.165, 1.54) is 6.07 Å². The summed E-state index contributed by atoms with van der Waals surface area (Å²) in [5.41, 5.74) is 2.68. The Balaban J connectivity index is 2.36. The molecule has 22 heavy (non-hydrogen) atoms. The molecule has 110 valence electrons. The van der Waals surface area contributed by atoms with Gasteiger partial charge in [-0.3, -0.25) is 14.4 Å². The van der Waals surface area contributed by atoms with Gasteiger partial charge in [0.05, 0.1) is 16.8 Å². The first-order chi connectivity index (χ1) is 10.6. The molecule has 3 rings (SSSR count). The van der Waals surface area contributed by atoms with Gasteiger partial charge in [-0.25, -0.2) is 0 Å². The first-order valence-corrected chi connectivity index (χ1v) is 6.84. The van der Waals surface area contributed by atoms with Gasteiger partial charge in [0.2, 0.25) is 0 Å². The van der Waals surface area contributed by atoms with Gasteiger partial charge < -0.3 is 10.6 Å². The maximum absolute atomic E-state index is 12.8. The number of fused-ring (bicyclic) bond motifs is 2. The Hall–Kier alpha value is -2.95. The van der Waals surface area contributed by atoms with Gasteiger partial charge >= 0.3 is 0 Å². The van der Waals surface area contributed by atoms with E-state index in [-0.39, 0.29) is 17.1 Å². The summed E-state index contributed by atoms with van der Waals surface area (Å²) in [6, 6.07) is 8.20. The van der Waals surface area contributed by atoms with Crippen molar-refractivity contribution in [1.29, 1.82) is 0 Å². The number of hydrogen-bond donors (Lipinski definition) is 2. The van der Waals surface area contributed by atoms with Crippen molar-refractivity contribution in [2.45, 2.75) is 0 Å². The van der Waals surface area contributed by atoms with Crippen molar-refractivity contribution in [3.05, 3.63) is 58.1 Å². The van der Waals surface area contributed by atoms with Crippen molar-refractivity contribution >= 4 is 29.2 Å². The Morgan fingerprint density at radius 2 is 1.55 bits per heavy atom. The molecule has 0 heterocycles. The fourth-order valence-corrected chi connectivity index (χ4v) is 2.88. The number of hydrogen-bond acceptors (Lipinski definition) is 5. The van der Waals surface area contributed by atoms with E-state index < -0.39 is 0 Å². The molecule has 0 fully saturated rings. The lowest BCUT2D eigenvalue weighted by Gasteiger charge is -2.22. The van der Waals surface area contributed by atoms with Crippen LogP contribution >= 0.6 is 0 Å². The largest absolute Gasteiger partial charge is 0.388 e. The van der Waals surface area contributed by atoms with Crippen LogP contribution in [-0.2, 0) is 0 Å². The van der Waals surface area contributed by atoms with Crippen LogP contribution in [-0.4, -0.2) is 31.9 Å². The number of rotatable bonds is 3. The van der Waals surface area contributed by atoms with Crippen molar-refractivity contribution in [3.63, 3.8) is 0 Å². The average molecular weight is 294 g/mol. The van der Waals surface area contributed by atoms with E-state index in [1.807, 2.05) is 0 Å². The molecule has 0 saturated carbocycles. The smallest absolute Gasteiger partial charge is 0.196 e. The number of benzene rings is 2. The van der Waals surface area contributed by atoms with Crippen LogP contribution in [0.5, 0.6) is 0 Å². The average Bonchev–Trinajstić information content (AvgIpc) is 2.57. The zero-order valence-corrected chi connectivity index (χ0v) is 12.2. The van der Waals surface area contributed by atoms with Crippen LogP contribution < -0.4 is 10.6 Å².